The van der Waals surface area contributed by atoms with Crippen molar-refractivity contribution in [1.82, 2.24) is 9.88 Å². The number of carbonyl (C=O) groups is 1. The van der Waals surface area contributed by atoms with Crippen molar-refractivity contribution in [3.63, 3.8) is 0 Å². The van der Waals surface area contributed by atoms with Crippen molar-refractivity contribution < 1.29 is 19.0 Å². The zero-order valence-electron chi connectivity index (χ0n) is 16.3. The average molecular weight is 380 g/mol. The monoisotopic (exact) mass is 380 g/mol. The fraction of sp³-hybridized carbons (Fsp3) is 0.318. The fourth-order valence-electron chi connectivity index (χ4n) is 3.66. The van der Waals surface area contributed by atoms with E-state index >= 15 is 0 Å². The number of carbonyl (C=O) groups excluding carboxylic acids is 1. The summed E-state index contributed by atoms with van der Waals surface area (Å²) in [6.45, 7) is 3.13. The van der Waals surface area contributed by atoms with Gasteiger partial charge in [0.2, 0.25) is 0 Å². The van der Waals surface area contributed by atoms with Gasteiger partial charge in [0.1, 0.15) is 29.0 Å². The van der Waals surface area contributed by atoms with Crippen LogP contribution in [0, 0.1) is 0 Å². The highest BCUT2D eigenvalue weighted by Crippen LogP contribution is 2.34. The first kappa shape index (κ1) is 18.2. The average Bonchev–Trinajstić information content (AvgIpc) is 3.11. The topological polar surface area (TPSA) is 61.7 Å². The highest BCUT2D eigenvalue weighted by atomic mass is 16.5. The molecule has 0 unspecified atom stereocenters. The molecule has 1 amide bonds. The van der Waals surface area contributed by atoms with Crippen LogP contribution in [0.1, 0.15) is 29.4 Å². The first-order valence-corrected chi connectivity index (χ1v) is 9.42. The third-order valence-corrected chi connectivity index (χ3v) is 5.18. The van der Waals surface area contributed by atoms with E-state index in [-0.39, 0.29) is 12.0 Å². The smallest absolute Gasteiger partial charge is 0.268 e. The summed E-state index contributed by atoms with van der Waals surface area (Å²) in [5.41, 5.74) is 2.53. The van der Waals surface area contributed by atoms with Gasteiger partial charge >= 0.3 is 0 Å². The van der Waals surface area contributed by atoms with Crippen LogP contribution in [0.5, 0.6) is 17.2 Å². The molecule has 0 spiro atoms. The molecule has 2 aromatic carbocycles. The maximum atomic E-state index is 13.0. The summed E-state index contributed by atoms with van der Waals surface area (Å²) in [7, 11) is 3.22. The predicted octanol–water partition coefficient (Wildman–Crippen LogP) is 3.76. The second kappa shape index (κ2) is 7.46. The van der Waals surface area contributed by atoms with E-state index < -0.39 is 0 Å². The quantitative estimate of drug-likeness (QED) is 0.707. The van der Waals surface area contributed by atoms with Crippen LogP contribution in [0.3, 0.4) is 0 Å². The Morgan fingerprint density at radius 3 is 2.82 bits per heavy atom. The Hall–Kier alpha value is -3.15. The van der Waals surface area contributed by atoms with Crippen molar-refractivity contribution in [3.8, 4) is 17.2 Å². The summed E-state index contributed by atoms with van der Waals surface area (Å²) < 4.78 is 18.8. The lowest BCUT2D eigenvalue weighted by Crippen LogP contribution is -2.31. The maximum absolute atomic E-state index is 13.0. The Balaban J connectivity index is 1.60. The predicted molar refractivity (Wildman–Crippen MR) is 107 cm³/mol. The van der Waals surface area contributed by atoms with Crippen LogP contribution in [0.4, 0.5) is 0 Å². The van der Waals surface area contributed by atoms with Gasteiger partial charge in [-0.2, -0.15) is 0 Å². The van der Waals surface area contributed by atoms with Crippen LogP contribution in [0.15, 0.2) is 42.5 Å². The summed E-state index contributed by atoms with van der Waals surface area (Å²) >= 11 is 0. The Morgan fingerprint density at radius 1 is 1.21 bits per heavy atom. The van der Waals surface area contributed by atoms with E-state index in [0.29, 0.717) is 30.3 Å². The zero-order chi connectivity index (χ0) is 19.7. The molecular formula is C22H24N2O4. The summed E-state index contributed by atoms with van der Waals surface area (Å²) in [6.07, 6.45) is 0.955. The minimum atomic E-state index is -0.114. The van der Waals surface area contributed by atoms with Crippen LogP contribution in [-0.4, -0.2) is 30.8 Å². The van der Waals surface area contributed by atoms with Crippen LogP contribution < -0.4 is 19.5 Å². The Labute approximate surface area is 164 Å². The van der Waals surface area contributed by atoms with Crippen molar-refractivity contribution in [2.75, 3.05) is 14.2 Å². The number of rotatable bonds is 6. The number of para-hydroxylation sites is 1. The summed E-state index contributed by atoms with van der Waals surface area (Å²) in [4.78, 5) is 13.0. The Kier molecular flexibility index (Phi) is 4.86. The molecule has 1 N–H and O–H groups in total. The third kappa shape index (κ3) is 3.15. The molecular weight excluding hydrogens is 356 g/mol. The van der Waals surface area contributed by atoms with E-state index in [2.05, 4.69) is 16.8 Å². The van der Waals surface area contributed by atoms with Gasteiger partial charge in [0.15, 0.2) is 0 Å². The van der Waals surface area contributed by atoms with Crippen molar-refractivity contribution in [2.45, 2.75) is 32.5 Å². The highest BCUT2D eigenvalue weighted by molar-refractivity contribution is 6.00. The van der Waals surface area contributed by atoms with E-state index in [0.717, 1.165) is 28.6 Å². The minimum Gasteiger partial charge on any atom is -0.497 e. The molecule has 6 heteroatoms. The largest absolute Gasteiger partial charge is 0.497 e. The molecule has 0 bridgehead atoms. The lowest BCUT2D eigenvalue weighted by atomic mass is 10.2. The van der Waals surface area contributed by atoms with E-state index in [1.54, 1.807) is 14.2 Å². The van der Waals surface area contributed by atoms with Crippen LogP contribution >= 0.6 is 0 Å². The molecule has 4 rings (SSSR count). The van der Waals surface area contributed by atoms with E-state index in [1.165, 1.54) is 0 Å². The normalized spacial score (nSPS) is 15.2. The van der Waals surface area contributed by atoms with Gasteiger partial charge in [0.25, 0.3) is 5.91 Å². The highest BCUT2D eigenvalue weighted by Gasteiger charge is 2.25. The van der Waals surface area contributed by atoms with Crippen LogP contribution in [0.2, 0.25) is 0 Å². The molecule has 1 aromatic heterocycles. The van der Waals surface area contributed by atoms with Crippen LogP contribution in [-0.2, 0) is 13.1 Å². The number of methoxy groups -OCH3 is 2. The number of nitrogens with one attached hydrogen (secondary N) is 1. The number of hydrogen-bond donors (Lipinski definition) is 1. The van der Waals surface area contributed by atoms with E-state index in [9.17, 15) is 4.79 Å². The van der Waals surface area contributed by atoms with Gasteiger partial charge < -0.3 is 24.1 Å². The fourth-order valence-corrected chi connectivity index (χ4v) is 3.66. The van der Waals surface area contributed by atoms with Gasteiger partial charge in [-0.1, -0.05) is 19.1 Å². The molecule has 1 aliphatic rings. The first-order chi connectivity index (χ1) is 13.6. The number of benzene rings is 2. The number of nitrogens with zero attached hydrogens (tertiary/aromatic N) is 1. The summed E-state index contributed by atoms with van der Waals surface area (Å²) in [5.74, 6) is 2.12. The number of aromatic nitrogens is 1. The molecule has 146 valence electrons. The second-order valence-corrected chi connectivity index (χ2v) is 6.84. The number of ether oxygens (including phenoxy) is 3. The van der Waals surface area contributed by atoms with Gasteiger partial charge in [-0.05, 0) is 30.7 Å². The number of hydrogen-bond acceptors (Lipinski definition) is 4. The van der Waals surface area contributed by atoms with Gasteiger partial charge in [0, 0.05) is 23.6 Å². The second-order valence-electron chi connectivity index (χ2n) is 6.84. The third-order valence-electron chi connectivity index (χ3n) is 5.18. The Bertz CT molecular complexity index is 1020. The molecule has 1 atom stereocenters. The van der Waals surface area contributed by atoms with Crippen molar-refractivity contribution >= 4 is 16.8 Å². The van der Waals surface area contributed by atoms with Crippen molar-refractivity contribution in [1.29, 1.82) is 0 Å². The van der Waals surface area contributed by atoms with Crippen molar-refractivity contribution in [2.24, 2.45) is 0 Å². The molecule has 6 nitrogen and oxygen atoms in total. The maximum Gasteiger partial charge on any atom is 0.268 e. The summed E-state index contributed by atoms with van der Waals surface area (Å²) in [5, 5.41) is 4.03. The molecule has 0 saturated heterocycles. The Morgan fingerprint density at radius 2 is 2.07 bits per heavy atom. The summed E-state index contributed by atoms with van der Waals surface area (Å²) in [6, 6.07) is 13.4. The molecule has 0 aliphatic carbocycles. The standard InChI is InChI=1S/C22H24N2O4/c1-4-16-13-24-18(10-14-6-5-7-19(28-16)21(14)24)22(25)23-12-15-8-9-17(26-2)11-20(15)27-3/h5-11,16H,4,12-13H2,1-3H3,(H,23,25)/t16-/m0/s1. The van der Waals surface area contributed by atoms with Gasteiger partial charge in [-0.3, -0.25) is 4.79 Å². The first-order valence-electron chi connectivity index (χ1n) is 9.42. The van der Waals surface area contributed by atoms with Gasteiger partial charge in [0.05, 0.1) is 26.3 Å². The minimum absolute atomic E-state index is 0.0683. The lowest BCUT2D eigenvalue weighted by molar-refractivity contribution is 0.0935. The molecule has 0 fully saturated rings. The molecule has 0 radical (unpaired) electrons. The molecule has 1 aliphatic heterocycles. The van der Waals surface area contributed by atoms with E-state index in [1.807, 2.05) is 42.5 Å². The van der Waals surface area contributed by atoms with Crippen molar-refractivity contribution in [3.05, 3.63) is 53.7 Å². The molecule has 2 heterocycles. The molecule has 3 aromatic rings. The lowest BCUT2D eigenvalue weighted by Gasteiger charge is -2.26. The zero-order valence-corrected chi connectivity index (χ0v) is 16.3. The van der Waals surface area contributed by atoms with Gasteiger partial charge in [-0.25, -0.2) is 0 Å². The number of amides is 1. The van der Waals surface area contributed by atoms with E-state index in [4.69, 9.17) is 14.2 Å². The molecule has 0 saturated carbocycles. The van der Waals surface area contributed by atoms with Crippen LogP contribution in [0.25, 0.3) is 10.9 Å². The molecule has 28 heavy (non-hydrogen) atoms. The SMILES string of the molecule is CC[C@H]1Cn2c(C(=O)NCc3ccc(OC)cc3OC)cc3cccc(c32)O1. The van der Waals surface area contributed by atoms with Gasteiger partial charge in [-0.15, -0.1) is 0 Å².